The van der Waals surface area contributed by atoms with E-state index in [0.29, 0.717) is 38.8 Å². The van der Waals surface area contributed by atoms with Crippen LogP contribution in [0.25, 0.3) is 28.7 Å². The van der Waals surface area contributed by atoms with Crippen LogP contribution in [0.3, 0.4) is 0 Å². The molecule has 6 heteroatoms. The monoisotopic (exact) mass is 406 g/mol. The third-order valence-electron chi connectivity index (χ3n) is 4.51. The van der Waals surface area contributed by atoms with Crippen molar-refractivity contribution in [2.45, 2.75) is 0 Å². The van der Waals surface area contributed by atoms with E-state index in [2.05, 4.69) is 4.98 Å². The summed E-state index contributed by atoms with van der Waals surface area (Å²) in [6.45, 7) is 0. The van der Waals surface area contributed by atoms with Gasteiger partial charge < -0.3 is 4.74 Å². The van der Waals surface area contributed by atoms with E-state index in [9.17, 15) is 9.18 Å². The molecule has 144 valence electrons. The first-order valence-electron chi connectivity index (χ1n) is 8.87. The molecule has 0 fully saturated rings. The summed E-state index contributed by atoms with van der Waals surface area (Å²) in [5.41, 5.74) is 1.24. The van der Waals surface area contributed by atoms with E-state index >= 15 is 0 Å². The van der Waals surface area contributed by atoms with Crippen LogP contribution in [0.2, 0.25) is 5.02 Å². The summed E-state index contributed by atoms with van der Waals surface area (Å²) < 4.78 is 20.7. The number of para-hydroxylation sites is 1. The van der Waals surface area contributed by atoms with Crippen LogP contribution >= 0.6 is 11.6 Å². The van der Waals surface area contributed by atoms with Crippen molar-refractivity contribution in [2.75, 3.05) is 7.11 Å². The van der Waals surface area contributed by atoms with Gasteiger partial charge in [0, 0.05) is 5.56 Å². The summed E-state index contributed by atoms with van der Waals surface area (Å²) >= 11 is 6.27. The van der Waals surface area contributed by atoms with Gasteiger partial charge in [-0.15, -0.1) is 0 Å². The van der Waals surface area contributed by atoms with Crippen molar-refractivity contribution in [3.8, 4) is 11.4 Å². The minimum absolute atomic E-state index is 0.245. The molecule has 0 aliphatic heterocycles. The lowest BCUT2D eigenvalue weighted by molar-refractivity contribution is 0.415. The van der Waals surface area contributed by atoms with Crippen molar-refractivity contribution in [1.29, 1.82) is 0 Å². The smallest absolute Gasteiger partial charge is 0.266 e. The number of halogens is 2. The lowest BCUT2D eigenvalue weighted by Crippen LogP contribution is -2.22. The van der Waals surface area contributed by atoms with E-state index in [0.717, 1.165) is 0 Å². The first-order chi connectivity index (χ1) is 14.1. The van der Waals surface area contributed by atoms with Gasteiger partial charge in [0.2, 0.25) is 0 Å². The van der Waals surface area contributed by atoms with Crippen LogP contribution in [0.1, 0.15) is 11.4 Å². The third kappa shape index (κ3) is 3.65. The van der Waals surface area contributed by atoms with Gasteiger partial charge in [0.1, 0.15) is 17.4 Å². The number of benzene rings is 3. The highest BCUT2D eigenvalue weighted by molar-refractivity contribution is 6.32. The number of fused-ring (bicyclic) bond motifs is 1. The predicted molar refractivity (Wildman–Crippen MR) is 114 cm³/mol. The van der Waals surface area contributed by atoms with Crippen LogP contribution in [-0.2, 0) is 0 Å². The number of hydrogen-bond acceptors (Lipinski definition) is 3. The number of rotatable bonds is 4. The minimum Gasteiger partial charge on any atom is -0.495 e. The molecule has 0 atom stereocenters. The summed E-state index contributed by atoms with van der Waals surface area (Å²) in [5.74, 6) is 0.504. The van der Waals surface area contributed by atoms with E-state index in [1.807, 2.05) is 6.07 Å². The first-order valence-corrected chi connectivity index (χ1v) is 9.24. The van der Waals surface area contributed by atoms with Crippen LogP contribution in [-0.4, -0.2) is 16.7 Å². The number of ether oxygens (including phenoxy) is 1. The molecule has 29 heavy (non-hydrogen) atoms. The first kappa shape index (κ1) is 18.9. The Balaban J connectivity index is 1.95. The Hall–Kier alpha value is -3.44. The quantitative estimate of drug-likeness (QED) is 0.458. The SMILES string of the molecule is COc1ccc(-n2c(/C=C/c3ccccc3F)nc3ccccc3c2=O)cc1Cl. The van der Waals surface area contributed by atoms with E-state index in [4.69, 9.17) is 16.3 Å². The molecule has 0 saturated heterocycles. The fraction of sp³-hybridized carbons (Fsp3) is 0.0435. The highest BCUT2D eigenvalue weighted by Gasteiger charge is 2.13. The molecule has 0 aliphatic carbocycles. The fourth-order valence-corrected chi connectivity index (χ4v) is 3.33. The number of nitrogens with zero attached hydrogens (tertiary/aromatic N) is 2. The molecule has 0 N–H and O–H groups in total. The average molecular weight is 407 g/mol. The van der Waals surface area contributed by atoms with Gasteiger partial charge in [-0.25, -0.2) is 9.37 Å². The van der Waals surface area contributed by atoms with Crippen molar-refractivity contribution in [1.82, 2.24) is 9.55 Å². The zero-order chi connectivity index (χ0) is 20.4. The number of aromatic nitrogens is 2. The van der Waals surface area contributed by atoms with Gasteiger partial charge in [0.05, 0.1) is 28.7 Å². The molecular weight excluding hydrogens is 391 g/mol. The summed E-state index contributed by atoms with van der Waals surface area (Å²) in [6, 6.07) is 18.5. The molecule has 0 spiro atoms. The lowest BCUT2D eigenvalue weighted by atomic mass is 10.2. The standard InChI is InChI=1S/C23H16ClFN2O2/c1-29-21-12-11-16(14-18(21)24)27-22(13-10-15-6-2-4-8-19(15)25)26-20-9-5-3-7-17(20)23(27)28/h2-14H,1H3/b13-10+. The van der Waals surface area contributed by atoms with Crippen molar-refractivity contribution >= 4 is 34.7 Å². The normalized spacial score (nSPS) is 11.3. The second kappa shape index (κ2) is 7.89. The molecule has 0 amide bonds. The van der Waals surface area contributed by atoms with Crippen molar-refractivity contribution in [2.24, 2.45) is 0 Å². The minimum atomic E-state index is -0.356. The third-order valence-corrected chi connectivity index (χ3v) is 4.81. The Morgan fingerprint density at radius 1 is 1.03 bits per heavy atom. The average Bonchev–Trinajstić information content (AvgIpc) is 2.73. The van der Waals surface area contributed by atoms with Gasteiger partial charge in [-0.3, -0.25) is 9.36 Å². The zero-order valence-electron chi connectivity index (χ0n) is 15.5. The highest BCUT2D eigenvalue weighted by Crippen LogP contribution is 2.27. The largest absolute Gasteiger partial charge is 0.495 e. The molecule has 0 aliphatic rings. The van der Waals surface area contributed by atoms with Crippen LogP contribution < -0.4 is 10.3 Å². The summed E-state index contributed by atoms with van der Waals surface area (Å²) in [7, 11) is 1.52. The van der Waals surface area contributed by atoms with Crippen LogP contribution in [0.15, 0.2) is 71.5 Å². The summed E-state index contributed by atoms with van der Waals surface area (Å²) in [6.07, 6.45) is 3.21. The summed E-state index contributed by atoms with van der Waals surface area (Å²) in [4.78, 5) is 17.8. The van der Waals surface area contributed by atoms with E-state index in [1.165, 1.54) is 17.7 Å². The molecule has 4 aromatic rings. The number of methoxy groups -OCH3 is 1. The molecule has 3 aromatic carbocycles. The van der Waals surface area contributed by atoms with Gasteiger partial charge in [-0.05, 0) is 48.6 Å². The van der Waals surface area contributed by atoms with Gasteiger partial charge >= 0.3 is 0 Å². The molecule has 1 heterocycles. The summed E-state index contributed by atoms with van der Waals surface area (Å²) in [5, 5.41) is 0.844. The van der Waals surface area contributed by atoms with Crippen LogP contribution in [0.5, 0.6) is 5.75 Å². The Labute approximate surface area is 171 Å². The second-order valence-electron chi connectivity index (χ2n) is 6.30. The molecule has 1 aromatic heterocycles. The topological polar surface area (TPSA) is 44.1 Å². The molecule has 4 rings (SSSR count). The highest BCUT2D eigenvalue weighted by atomic mass is 35.5. The number of hydrogen-bond donors (Lipinski definition) is 0. The van der Waals surface area contributed by atoms with Crippen molar-refractivity contribution < 1.29 is 9.13 Å². The van der Waals surface area contributed by atoms with Gasteiger partial charge in [0.15, 0.2) is 0 Å². The second-order valence-corrected chi connectivity index (χ2v) is 6.71. The van der Waals surface area contributed by atoms with E-state index in [-0.39, 0.29) is 11.4 Å². The Bertz CT molecular complexity index is 1300. The zero-order valence-corrected chi connectivity index (χ0v) is 16.2. The van der Waals surface area contributed by atoms with Crippen LogP contribution in [0, 0.1) is 5.82 Å². The van der Waals surface area contributed by atoms with Gasteiger partial charge in [-0.1, -0.05) is 41.9 Å². The maximum atomic E-state index is 14.0. The lowest BCUT2D eigenvalue weighted by Gasteiger charge is -2.13. The predicted octanol–water partition coefficient (Wildman–Crippen LogP) is 5.36. The molecule has 0 saturated carbocycles. The molecular formula is C23H16ClFN2O2. The molecule has 0 radical (unpaired) electrons. The molecule has 4 nitrogen and oxygen atoms in total. The van der Waals surface area contributed by atoms with Gasteiger partial charge in [-0.2, -0.15) is 0 Å². The fourth-order valence-electron chi connectivity index (χ4n) is 3.08. The van der Waals surface area contributed by atoms with Gasteiger partial charge in [0.25, 0.3) is 5.56 Å². The maximum Gasteiger partial charge on any atom is 0.266 e. The van der Waals surface area contributed by atoms with Crippen molar-refractivity contribution in [3.05, 3.63) is 99.3 Å². The Morgan fingerprint density at radius 2 is 1.79 bits per heavy atom. The molecule has 0 bridgehead atoms. The maximum absolute atomic E-state index is 14.0. The Kier molecular flexibility index (Phi) is 5.14. The van der Waals surface area contributed by atoms with E-state index in [1.54, 1.807) is 66.7 Å². The Morgan fingerprint density at radius 3 is 2.55 bits per heavy atom. The van der Waals surface area contributed by atoms with E-state index < -0.39 is 0 Å². The van der Waals surface area contributed by atoms with Crippen molar-refractivity contribution in [3.63, 3.8) is 0 Å². The molecule has 0 unspecified atom stereocenters. The van der Waals surface area contributed by atoms with Crippen LogP contribution in [0.4, 0.5) is 4.39 Å².